The van der Waals surface area contributed by atoms with Crippen molar-refractivity contribution in [3.63, 3.8) is 0 Å². The summed E-state index contributed by atoms with van der Waals surface area (Å²) in [4.78, 5) is 9.36. The Hall–Kier alpha value is -1.33. The third-order valence-electron chi connectivity index (χ3n) is 3.65. The number of aromatic nitrogens is 3. The van der Waals surface area contributed by atoms with Crippen LogP contribution in [-0.4, -0.2) is 25.5 Å². The minimum absolute atomic E-state index is 0.713. The van der Waals surface area contributed by atoms with Crippen LogP contribution < -0.4 is 0 Å². The van der Waals surface area contributed by atoms with Crippen LogP contribution in [0.4, 0.5) is 0 Å². The van der Waals surface area contributed by atoms with Crippen molar-refractivity contribution in [3.05, 3.63) is 41.7 Å². The number of imidazole rings is 1. The van der Waals surface area contributed by atoms with Crippen LogP contribution in [0, 0.1) is 0 Å². The van der Waals surface area contributed by atoms with Gasteiger partial charge in [-0.1, -0.05) is 0 Å². The van der Waals surface area contributed by atoms with E-state index in [4.69, 9.17) is 4.98 Å². The van der Waals surface area contributed by atoms with Gasteiger partial charge in [-0.25, -0.2) is 9.97 Å². The second kappa shape index (κ2) is 5.22. The predicted octanol–water partition coefficient (Wildman–Crippen LogP) is 3.92. The molecule has 0 aliphatic carbocycles. The number of nitrogens with zero attached hydrogens (tertiary/aromatic N) is 3. The molecular weight excluding hydrogens is 286 g/mol. The zero-order valence-corrected chi connectivity index (χ0v) is 12.7. The highest BCUT2D eigenvalue weighted by Gasteiger charge is 2.21. The number of hydrogen-bond acceptors (Lipinski definition) is 4. The van der Waals surface area contributed by atoms with Crippen LogP contribution in [0.1, 0.15) is 18.7 Å². The van der Waals surface area contributed by atoms with Crippen LogP contribution in [0.5, 0.6) is 0 Å². The fourth-order valence-electron chi connectivity index (χ4n) is 2.73. The molecule has 102 valence electrons. The molecule has 0 N–H and O–H groups in total. The minimum Gasteiger partial charge on any atom is -0.271 e. The summed E-state index contributed by atoms with van der Waals surface area (Å²) < 4.78 is 2.24. The summed E-state index contributed by atoms with van der Waals surface area (Å²) in [5.41, 5.74) is 1.98. The molecule has 1 aliphatic heterocycles. The van der Waals surface area contributed by atoms with E-state index in [1.165, 1.54) is 23.6 Å². The smallest absolute Gasteiger partial charge is 0.165 e. The maximum absolute atomic E-state index is 4.83. The molecule has 1 fully saturated rings. The standard InChI is InChI=1S/C15H15N3S2/c1-5-12-15(16-7-1)18(14-6-3-9-20-14)13(17-12)10-11-4-2-8-19-11/h1,3,5-7,9,11H,2,4,8,10H2. The SMILES string of the molecule is c1csc(-n2c(CC3CCCS3)nc3cccnc32)c1. The van der Waals surface area contributed by atoms with E-state index in [-0.39, 0.29) is 0 Å². The summed E-state index contributed by atoms with van der Waals surface area (Å²) in [7, 11) is 0. The average molecular weight is 301 g/mol. The molecule has 0 saturated carbocycles. The first kappa shape index (κ1) is 12.4. The zero-order valence-electron chi connectivity index (χ0n) is 11.0. The van der Waals surface area contributed by atoms with E-state index in [1.807, 2.05) is 12.3 Å². The van der Waals surface area contributed by atoms with Crippen molar-refractivity contribution in [1.82, 2.24) is 14.5 Å². The highest BCUT2D eigenvalue weighted by atomic mass is 32.2. The van der Waals surface area contributed by atoms with Crippen molar-refractivity contribution in [2.45, 2.75) is 24.5 Å². The molecule has 1 unspecified atom stereocenters. The van der Waals surface area contributed by atoms with Gasteiger partial charge in [0.2, 0.25) is 0 Å². The Morgan fingerprint density at radius 3 is 3.10 bits per heavy atom. The lowest BCUT2D eigenvalue weighted by atomic mass is 10.2. The Kier molecular flexibility index (Phi) is 3.24. The summed E-state index contributed by atoms with van der Waals surface area (Å²) in [6.07, 6.45) is 5.54. The summed E-state index contributed by atoms with van der Waals surface area (Å²) >= 11 is 3.83. The monoisotopic (exact) mass is 301 g/mol. The van der Waals surface area contributed by atoms with E-state index in [2.05, 4.69) is 44.9 Å². The van der Waals surface area contributed by atoms with Gasteiger partial charge in [0.15, 0.2) is 5.65 Å². The maximum atomic E-state index is 4.83. The Morgan fingerprint density at radius 2 is 2.30 bits per heavy atom. The van der Waals surface area contributed by atoms with Crippen LogP contribution >= 0.6 is 23.1 Å². The van der Waals surface area contributed by atoms with Crippen molar-refractivity contribution in [2.24, 2.45) is 0 Å². The van der Waals surface area contributed by atoms with Crippen LogP contribution in [-0.2, 0) is 6.42 Å². The minimum atomic E-state index is 0.713. The molecule has 1 saturated heterocycles. The highest BCUT2D eigenvalue weighted by molar-refractivity contribution is 8.00. The lowest BCUT2D eigenvalue weighted by Crippen LogP contribution is -2.08. The molecule has 1 atom stereocenters. The lowest BCUT2D eigenvalue weighted by Gasteiger charge is -2.10. The van der Waals surface area contributed by atoms with E-state index in [1.54, 1.807) is 11.3 Å². The fraction of sp³-hybridized carbons (Fsp3) is 0.333. The largest absolute Gasteiger partial charge is 0.271 e. The fourth-order valence-corrected chi connectivity index (χ4v) is 4.75. The lowest BCUT2D eigenvalue weighted by molar-refractivity contribution is 0.739. The second-order valence-corrected chi connectivity index (χ2v) is 7.33. The molecule has 20 heavy (non-hydrogen) atoms. The molecule has 0 radical (unpaired) electrons. The number of fused-ring (bicyclic) bond motifs is 1. The van der Waals surface area contributed by atoms with Crippen molar-refractivity contribution in [1.29, 1.82) is 0 Å². The Labute approximate surface area is 126 Å². The van der Waals surface area contributed by atoms with E-state index in [9.17, 15) is 0 Å². The van der Waals surface area contributed by atoms with Crippen LogP contribution in [0.3, 0.4) is 0 Å². The maximum Gasteiger partial charge on any atom is 0.165 e. The highest BCUT2D eigenvalue weighted by Crippen LogP contribution is 2.31. The molecule has 1 aliphatic rings. The average Bonchev–Trinajstić information content (AvgIpc) is 3.18. The molecule has 0 aromatic carbocycles. The molecule has 4 heterocycles. The van der Waals surface area contributed by atoms with Gasteiger partial charge in [0.1, 0.15) is 16.3 Å². The third kappa shape index (κ3) is 2.15. The van der Waals surface area contributed by atoms with Crippen molar-refractivity contribution >= 4 is 34.3 Å². The van der Waals surface area contributed by atoms with Gasteiger partial charge >= 0.3 is 0 Å². The number of rotatable bonds is 3. The van der Waals surface area contributed by atoms with Crippen molar-refractivity contribution in [2.75, 3.05) is 5.75 Å². The van der Waals surface area contributed by atoms with Gasteiger partial charge in [-0.3, -0.25) is 4.57 Å². The first-order valence-electron chi connectivity index (χ1n) is 6.89. The molecule has 5 heteroatoms. The van der Waals surface area contributed by atoms with E-state index >= 15 is 0 Å². The van der Waals surface area contributed by atoms with Gasteiger partial charge < -0.3 is 0 Å². The van der Waals surface area contributed by atoms with E-state index in [0.717, 1.165) is 23.4 Å². The Balaban J connectivity index is 1.83. The van der Waals surface area contributed by atoms with Gasteiger partial charge in [-0.2, -0.15) is 11.8 Å². The molecule has 3 aromatic heterocycles. The van der Waals surface area contributed by atoms with Gasteiger partial charge in [0.25, 0.3) is 0 Å². The van der Waals surface area contributed by atoms with Gasteiger partial charge in [0, 0.05) is 17.9 Å². The van der Waals surface area contributed by atoms with Crippen LogP contribution in [0.25, 0.3) is 16.2 Å². The van der Waals surface area contributed by atoms with Gasteiger partial charge in [0.05, 0.1) is 0 Å². The van der Waals surface area contributed by atoms with Crippen LogP contribution in [0.2, 0.25) is 0 Å². The number of pyridine rings is 1. The van der Waals surface area contributed by atoms with E-state index < -0.39 is 0 Å². The quantitative estimate of drug-likeness (QED) is 0.734. The molecular formula is C15H15N3S2. The van der Waals surface area contributed by atoms with Crippen molar-refractivity contribution in [3.8, 4) is 5.00 Å². The summed E-state index contributed by atoms with van der Waals surface area (Å²) in [6, 6.07) is 8.24. The molecule has 0 amide bonds. The molecule has 0 bridgehead atoms. The topological polar surface area (TPSA) is 30.7 Å². The normalized spacial score (nSPS) is 18.9. The summed E-state index contributed by atoms with van der Waals surface area (Å²) in [6.45, 7) is 0. The number of hydrogen-bond donors (Lipinski definition) is 0. The second-order valence-electron chi connectivity index (χ2n) is 5.00. The molecule has 3 aromatic rings. The third-order valence-corrected chi connectivity index (χ3v) is 5.90. The molecule has 4 rings (SSSR count). The Morgan fingerprint density at radius 1 is 1.30 bits per heavy atom. The first-order chi connectivity index (χ1) is 9.92. The number of thioether (sulfide) groups is 1. The summed E-state index contributed by atoms with van der Waals surface area (Å²) in [5, 5.41) is 4.03. The van der Waals surface area contributed by atoms with Gasteiger partial charge in [-0.05, 0) is 48.2 Å². The van der Waals surface area contributed by atoms with E-state index in [0.29, 0.717) is 5.25 Å². The van der Waals surface area contributed by atoms with Crippen LogP contribution in [0.15, 0.2) is 35.8 Å². The van der Waals surface area contributed by atoms with Gasteiger partial charge in [-0.15, -0.1) is 11.3 Å². The Bertz CT molecular complexity index is 712. The zero-order chi connectivity index (χ0) is 13.4. The molecule has 3 nitrogen and oxygen atoms in total. The van der Waals surface area contributed by atoms with Crippen molar-refractivity contribution < 1.29 is 0 Å². The first-order valence-corrected chi connectivity index (χ1v) is 8.82. The predicted molar refractivity (Wildman–Crippen MR) is 85.9 cm³/mol. The summed E-state index contributed by atoms with van der Waals surface area (Å²) in [5.74, 6) is 2.45. The molecule has 0 spiro atoms. The number of thiophene rings is 1.